The van der Waals surface area contributed by atoms with E-state index in [1.807, 2.05) is 30.3 Å². The first-order valence-corrected chi connectivity index (χ1v) is 10.8. The molecule has 0 radical (unpaired) electrons. The van der Waals surface area contributed by atoms with Crippen molar-refractivity contribution in [1.82, 2.24) is 9.21 Å². The van der Waals surface area contributed by atoms with E-state index in [0.717, 1.165) is 24.7 Å². The van der Waals surface area contributed by atoms with E-state index >= 15 is 0 Å². The van der Waals surface area contributed by atoms with Crippen LogP contribution in [0, 0.1) is 5.92 Å². The highest BCUT2D eigenvalue weighted by atomic mass is 32.2. The summed E-state index contributed by atoms with van der Waals surface area (Å²) < 4.78 is 25.2. The number of rotatable bonds is 5. The number of hydrogen-bond donors (Lipinski definition) is 1. The number of para-hydroxylation sites is 1. The highest BCUT2D eigenvalue weighted by Crippen LogP contribution is 2.21. The van der Waals surface area contributed by atoms with Crippen LogP contribution in [-0.4, -0.2) is 62.1 Å². The van der Waals surface area contributed by atoms with Gasteiger partial charge in [-0.25, -0.2) is 12.7 Å². The number of hydrogen-bond acceptors (Lipinski definition) is 3. The van der Waals surface area contributed by atoms with Gasteiger partial charge in [-0.2, -0.15) is 0 Å². The van der Waals surface area contributed by atoms with Gasteiger partial charge in [0.1, 0.15) is 0 Å². The molecule has 0 atom stereocenters. The molecule has 0 saturated carbocycles. The quantitative estimate of drug-likeness (QED) is 0.643. The highest BCUT2D eigenvalue weighted by molar-refractivity contribution is 7.89. The molecule has 0 spiro atoms. The first kappa shape index (κ1) is 18.2. The normalized spacial score (nSPS) is 20.4. The number of likely N-dealkylation sites (tertiary alicyclic amines) is 1. The summed E-state index contributed by atoms with van der Waals surface area (Å²) >= 11 is 0. The van der Waals surface area contributed by atoms with Gasteiger partial charge >= 0.3 is 0 Å². The van der Waals surface area contributed by atoms with Crippen molar-refractivity contribution in [1.29, 1.82) is 0 Å². The Morgan fingerprint density at radius 1 is 1.16 bits per heavy atom. The average molecular weight is 365 g/mol. The van der Waals surface area contributed by atoms with Gasteiger partial charge in [0.05, 0.1) is 5.75 Å². The molecule has 138 valence electrons. The summed E-state index contributed by atoms with van der Waals surface area (Å²) in [6.45, 7) is 5.61. The summed E-state index contributed by atoms with van der Waals surface area (Å²) in [5.74, 6) is 1.42. The maximum absolute atomic E-state index is 11.8. The van der Waals surface area contributed by atoms with E-state index < -0.39 is 10.0 Å². The first-order chi connectivity index (χ1) is 12.1. The third kappa shape index (κ3) is 4.73. The molecule has 0 aliphatic carbocycles. The minimum absolute atomic E-state index is 0.178. The van der Waals surface area contributed by atoms with Crippen LogP contribution in [0.4, 0.5) is 5.69 Å². The molecule has 1 aromatic carbocycles. The van der Waals surface area contributed by atoms with E-state index in [1.54, 1.807) is 11.2 Å². The molecule has 25 heavy (non-hydrogen) atoms. The van der Waals surface area contributed by atoms with E-state index in [9.17, 15) is 8.42 Å². The van der Waals surface area contributed by atoms with E-state index in [-0.39, 0.29) is 5.75 Å². The van der Waals surface area contributed by atoms with Crippen LogP contribution in [0.2, 0.25) is 0 Å². The van der Waals surface area contributed by atoms with Gasteiger partial charge in [-0.1, -0.05) is 18.2 Å². The lowest BCUT2D eigenvalue weighted by Crippen LogP contribution is -2.51. The fourth-order valence-electron chi connectivity index (χ4n) is 3.24. The van der Waals surface area contributed by atoms with E-state index in [2.05, 4.69) is 10.2 Å². The number of nitrogens with zero attached hydrogens (tertiary/aromatic N) is 3. The summed E-state index contributed by atoms with van der Waals surface area (Å²) in [5.41, 5.74) is 1.04. The second-order valence-corrected chi connectivity index (χ2v) is 9.04. The van der Waals surface area contributed by atoms with Crippen LogP contribution in [0.1, 0.15) is 26.2 Å². The molecular weight excluding hydrogens is 336 g/mol. The smallest absolute Gasteiger partial charge is 0.213 e. The molecule has 2 heterocycles. The van der Waals surface area contributed by atoms with Crippen LogP contribution in [0.3, 0.4) is 0 Å². The number of guanidine groups is 1. The van der Waals surface area contributed by atoms with Crippen molar-refractivity contribution in [2.45, 2.75) is 26.2 Å². The molecule has 0 amide bonds. The number of benzene rings is 1. The van der Waals surface area contributed by atoms with Crippen LogP contribution in [0.5, 0.6) is 0 Å². The van der Waals surface area contributed by atoms with Gasteiger partial charge in [-0.15, -0.1) is 0 Å². The van der Waals surface area contributed by atoms with Gasteiger partial charge in [0.2, 0.25) is 10.0 Å². The zero-order chi connectivity index (χ0) is 17.7. The Hall–Kier alpha value is -1.60. The Morgan fingerprint density at radius 2 is 1.84 bits per heavy atom. The first-order valence-electron chi connectivity index (χ1n) is 9.18. The third-order valence-corrected chi connectivity index (χ3v) is 6.68. The second kappa shape index (κ2) is 8.19. The number of nitrogens with one attached hydrogen (secondary N) is 1. The number of piperidine rings is 1. The van der Waals surface area contributed by atoms with Crippen LogP contribution in [0.25, 0.3) is 0 Å². The summed E-state index contributed by atoms with van der Waals surface area (Å²) in [5, 5.41) is 3.45. The number of sulfonamides is 1. The maximum atomic E-state index is 11.8. The highest BCUT2D eigenvalue weighted by Gasteiger charge is 2.34. The zero-order valence-electron chi connectivity index (χ0n) is 14.9. The van der Waals surface area contributed by atoms with Gasteiger partial charge in [0, 0.05) is 44.3 Å². The SMILES string of the molecule is CCS(=O)(=O)N1CC(CN=C(Nc2ccccc2)N2CCCCC2)C1. The largest absolute Gasteiger partial charge is 0.343 e. The average Bonchev–Trinajstić information content (AvgIpc) is 2.61. The summed E-state index contributed by atoms with van der Waals surface area (Å²) in [6.07, 6.45) is 3.67. The van der Waals surface area contributed by atoms with Crippen LogP contribution in [-0.2, 0) is 10.0 Å². The van der Waals surface area contributed by atoms with Gasteiger partial charge in [0.25, 0.3) is 0 Å². The zero-order valence-corrected chi connectivity index (χ0v) is 15.7. The molecule has 7 heteroatoms. The number of aliphatic imine (C=N–C) groups is 1. The monoisotopic (exact) mass is 364 g/mol. The lowest BCUT2D eigenvalue weighted by atomic mass is 10.0. The molecule has 2 aliphatic rings. The fourth-order valence-corrected chi connectivity index (χ4v) is 4.48. The third-order valence-electron chi connectivity index (χ3n) is 4.87. The Balaban J connectivity index is 1.62. The molecule has 0 bridgehead atoms. The van der Waals surface area contributed by atoms with Crippen LogP contribution >= 0.6 is 0 Å². The fraction of sp³-hybridized carbons (Fsp3) is 0.611. The van der Waals surface area contributed by atoms with E-state index in [1.165, 1.54) is 19.3 Å². The predicted molar refractivity (Wildman–Crippen MR) is 102 cm³/mol. The summed E-state index contributed by atoms with van der Waals surface area (Å²) in [4.78, 5) is 7.13. The van der Waals surface area contributed by atoms with Crippen molar-refractivity contribution < 1.29 is 8.42 Å². The van der Waals surface area contributed by atoms with Gasteiger partial charge in [-0.05, 0) is 38.3 Å². The van der Waals surface area contributed by atoms with Gasteiger partial charge < -0.3 is 10.2 Å². The molecule has 1 aromatic rings. The van der Waals surface area contributed by atoms with Crippen LogP contribution < -0.4 is 5.32 Å². The predicted octanol–water partition coefficient (Wildman–Crippen LogP) is 2.22. The number of anilines is 1. The van der Waals surface area contributed by atoms with Crippen molar-refractivity contribution in [2.24, 2.45) is 10.9 Å². The van der Waals surface area contributed by atoms with Crippen molar-refractivity contribution in [3.63, 3.8) is 0 Å². The standard InChI is InChI=1S/C18H28N4O2S/c1-2-25(23,24)22-14-16(15-22)13-19-18(21-11-7-4-8-12-21)20-17-9-5-3-6-10-17/h3,5-6,9-10,16H,2,4,7-8,11-15H2,1H3,(H,19,20). The molecule has 1 N–H and O–H groups in total. The maximum Gasteiger partial charge on any atom is 0.213 e. The Bertz CT molecular complexity index is 678. The molecular formula is C18H28N4O2S. The Kier molecular flexibility index (Phi) is 5.96. The van der Waals surface area contributed by atoms with Crippen molar-refractivity contribution in [3.8, 4) is 0 Å². The van der Waals surface area contributed by atoms with E-state index in [4.69, 9.17) is 4.99 Å². The van der Waals surface area contributed by atoms with Gasteiger partial charge in [0.15, 0.2) is 5.96 Å². The van der Waals surface area contributed by atoms with Crippen LogP contribution in [0.15, 0.2) is 35.3 Å². The molecule has 3 rings (SSSR count). The minimum Gasteiger partial charge on any atom is -0.343 e. The molecule has 2 fully saturated rings. The molecule has 2 aliphatic heterocycles. The van der Waals surface area contributed by atoms with Crippen molar-refractivity contribution >= 4 is 21.7 Å². The van der Waals surface area contributed by atoms with Gasteiger partial charge in [-0.3, -0.25) is 4.99 Å². The lowest BCUT2D eigenvalue weighted by Gasteiger charge is -2.37. The minimum atomic E-state index is -3.04. The molecule has 0 unspecified atom stereocenters. The summed E-state index contributed by atoms with van der Waals surface area (Å²) in [7, 11) is -3.04. The Labute approximate surface area is 151 Å². The van der Waals surface area contributed by atoms with Crippen molar-refractivity contribution in [3.05, 3.63) is 30.3 Å². The molecule has 0 aromatic heterocycles. The van der Waals surface area contributed by atoms with Crippen molar-refractivity contribution in [2.75, 3.05) is 43.8 Å². The van der Waals surface area contributed by atoms with E-state index in [0.29, 0.717) is 25.6 Å². The Morgan fingerprint density at radius 3 is 2.48 bits per heavy atom. The molecule has 2 saturated heterocycles. The summed E-state index contributed by atoms with van der Waals surface area (Å²) in [6, 6.07) is 10.1. The lowest BCUT2D eigenvalue weighted by molar-refractivity contribution is 0.207. The topological polar surface area (TPSA) is 65.0 Å². The molecule has 6 nitrogen and oxygen atoms in total. The second-order valence-electron chi connectivity index (χ2n) is 6.79.